The molecule has 1 aromatic rings. The van der Waals surface area contributed by atoms with Crippen molar-refractivity contribution in [2.75, 3.05) is 13.1 Å². The van der Waals surface area contributed by atoms with Crippen LogP contribution < -0.4 is 5.32 Å². The molecule has 90 valence electrons. The van der Waals surface area contributed by atoms with Crippen LogP contribution in [-0.4, -0.2) is 22.6 Å². The minimum atomic E-state index is 0.629. The Kier molecular flexibility index (Phi) is 3.64. The monoisotopic (exact) mass is 221 g/mol. The average molecular weight is 221 g/mol. The molecule has 0 bridgehead atoms. The number of hydrogen-bond donors (Lipinski definition) is 1. The smallest absolute Gasteiger partial charge is 0.105 e. The molecular weight excluding hydrogens is 198 g/mol. The fourth-order valence-corrected chi connectivity index (χ4v) is 2.53. The second kappa shape index (κ2) is 5.00. The first-order valence-electron chi connectivity index (χ1n) is 6.44. The Morgan fingerprint density at radius 3 is 2.81 bits per heavy atom. The Morgan fingerprint density at radius 1 is 1.50 bits per heavy atom. The number of imidazole rings is 1. The van der Waals surface area contributed by atoms with Crippen molar-refractivity contribution in [1.29, 1.82) is 0 Å². The molecule has 0 aromatic carbocycles. The summed E-state index contributed by atoms with van der Waals surface area (Å²) in [6.07, 6.45) is 9.51. The topological polar surface area (TPSA) is 29.9 Å². The lowest BCUT2D eigenvalue weighted by molar-refractivity contribution is 0.124. The van der Waals surface area contributed by atoms with Crippen molar-refractivity contribution in [3.8, 4) is 0 Å². The van der Waals surface area contributed by atoms with Gasteiger partial charge in [-0.15, -0.1) is 0 Å². The SMILES string of the molecule is CCC1(CNCCn2ccnc2C)CCC1. The van der Waals surface area contributed by atoms with Crippen molar-refractivity contribution in [3.63, 3.8) is 0 Å². The van der Waals surface area contributed by atoms with Gasteiger partial charge in [-0.2, -0.15) is 0 Å². The molecule has 0 radical (unpaired) electrons. The highest BCUT2D eigenvalue weighted by Gasteiger charge is 2.34. The van der Waals surface area contributed by atoms with Crippen molar-refractivity contribution in [2.45, 2.75) is 46.1 Å². The Labute approximate surface area is 98.3 Å². The first-order valence-corrected chi connectivity index (χ1v) is 6.44. The van der Waals surface area contributed by atoms with E-state index in [0.717, 1.165) is 18.9 Å². The predicted octanol–water partition coefficient (Wildman–Crippen LogP) is 2.36. The molecule has 0 amide bonds. The third-order valence-corrected chi connectivity index (χ3v) is 4.12. The van der Waals surface area contributed by atoms with Crippen LogP contribution in [0.4, 0.5) is 0 Å². The Bertz CT molecular complexity index is 320. The van der Waals surface area contributed by atoms with Crippen LogP contribution in [-0.2, 0) is 6.54 Å². The summed E-state index contributed by atoms with van der Waals surface area (Å²) in [5.74, 6) is 1.11. The summed E-state index contributed by atoms with van der Waals surface area (Å²) < 4.78 is 2.20. The van der Waals surface area contributed by atoms with E-state index in [-0.39, 0.29) is 0 Å². The fraction of sp³-hybridized carbons (Fsp3) is 0.769. The maximum Gasteiger partial charge on any atom is 0.105 e. The van der Waals surface area contributed by atoms with Gasteiger partial charge in [-0.3, -0.25) is 0 Å². The van der Waals surface area contributed by atoms with Crippen LogP contribution in [0.5, 0.6) is 0 Å². The van der Waals surface area contributed by atoms with Gasteiger partial charge in [0.25, 0.3) is 0 Å². The van der Waals surface area contributed by atoms with E-state index in [9.17, 15) is 0 Å². The van der Waals surface area contributed by atoms with Crippen LogP contribution >= 0.6 is 0 Å². The van der Waals surface area contributed by atoms with Gasteiger partial charge in [0.05, 0.1) is 0 Å². The molecule has 1 N–H and O–H groups in total. The molecular formula is C13H23N3. The van der Waals surface area contributed by atoms with Gasteiger partial charge in [0, 0.05) is 32.0 Å². The van der Waals surface area contributed by atoms with E-state index < -0.39 is 0 Å². The molecule has 3 heteroatoms. The van der Waals surface area contributed by atoms with E-state index >= 15 is 0 Å². The maximum absolute atomic E-state index is 4.22. The van der Waals surface area contributed by atoms with E-state index in [1.54, 1.807) is 0 Å². The van der Waals surface area contributed by atoms with Crippen molar-refractivity contribution in [2.24, 2.45) is 5.41 Å². The lowest BCUT2D eigenvalue weighted by atomic mass is 9.67. The molecule has 0 saturated heterocycles. The van der Waals surface area contributed by atoms with Gasteiger partial charge < -0.3 is 9.88 Å². The van der Waals surface area contributed by atoms with Crippen molar-refractivity contribution in [3.05, 3.63) is 18.2 Å². The average Bonchev–Trinajstić information content (AvgIpc) is 2.62. The van der Waals surface area contributed by atoms with Gasteiger partial charge in [-0.1, -0.05) is 13.3 Å². The van der Waals surface area contributed by atoms with Gasteiger partial charge in [-0.05, 0) is 31.6 Å². The summed E-state index contributed by atoms with van der Waals surface area (Å²) in [5.41, 5.74) is 0.629. The fourth-order valence-electron chi connectivity index (χ4n) is 2.53. The number of hydrogen-bond acceptors (Lipinski definition) is 2. The van der Waals surface area contributed by atoms with Crippen LogP contribution in [0.3, 0.4) is 0 Å². The highest BCUT2D eigenvalue weighted by molar-refractivity contribution is 4.90. The van der Waals surface area contributed by atoms with E-state index in [4.69, 9.17) is 0 Å². The van der Waals surface area contributed by atoms with Gasteiger partial charge in [-0.25, -0.2) is 4.98 Å². The molecule has 0 atom stereocenters. The number of rotatable bonds is 6. The van der Waals surface area contributed by atoms with E-state index in [1.165, 1.54) is 32.2 Å². The van der Waals surface area contributed by atoms with Gasteiger partial charge >= 0.3 is 0 Å². The molecule has 16 heavy (non-hydrogen) atoms. The first kappa shape index (κ1) is 11.6. The normalized spacial score (nSPS) is 18.4. The second-order valence-electron chi connectivity index (χ2n) is 5.05. The molecule has 3 nitrogen and oxygen atoms in total. The molecule has 1 aliphatic carbocycles. The van der Waals surface area contributed by atoms with Crippen LogP contribution in [0.25, 0.3) is 0 Å². The van der Waals surface area contributed by atoms with Crippen LogP contribution in [0.15, 0.2) is 12.4 Å². The molecule has 2 rings (SSSR count). The predicted molar refractivity (Wildman–Crippen MR) is 66.4 cm³/mol. The summed E-state index contributed by atoms with van der Waals surface area (Å²) in [4.78, 5) is 4.22. The molecule has 1 heterocycles. The summed E-state index contributed by atoms with van der Waals surface area (Å²) >= 11 is 0. The standard InChI is InChI=1S/C13H23N3/c1-3-13(5-4-6-13)11-14-7-9-16-10-8-15-12(16)2/h8,10,14H,3-7,9,11H2,1-2H3. The molecule has 0 spiro atoms. The van der Waals surface area contributed by atoms with Crippen molar-refractivity contribution in [1.82, 2.24) is 14.9 Å². The van der Waals surface area contributed by atoms with Crippen LogP contribution in [0.2, 0.25) is 0 Å². The van der Waals surface area contributed by atoms with Crippen LogP contribution in [0, 0.1) is 12.3 Å². The van der Waals surface area contributed by atoms with Gasteiger partial charge in [0.15, 0.2) is 0 Å². The second-order valence-corrected chi connectivity index (χ2v) is 5.05. The molecule has 1 aliphatic rings. The Morgan fingerprint density at radius 2 is 2.31 bits per heavy atom. The van der Waals surface area contributed by atoms with Crippen molar-refractivity contribution >= 4 is 0 Å². The van der Waals surface area contributed by atoms with Crippen molar-refractivity contribution < 1.29 is 0 Å². The van der Waals surface area contributed by atoms with Gasteiger partial charge in [0.1, 0.15) is 5.82 Å². The molecule has 1 saturated carbocycles. The summed E-state index contributed by atoms with van der Waals surface area (Å²) in [6, 6.07) is 0. The zero-order chi connectivity index (χ0) is 11.4. The minimum absolute atomic E-state index is 0.629. The summed E-state index contributed by atoms with van der Waals surface area (Å²) in [7, 11) is 0. The summed E-state index contributed by atoms with van der Waals surface area (Å²) in [6.45, 7) is 7.65. The highest BCUT2D eigenvalue weighted by atomic mass is 15.1. The number of aromatic nitrogens is 2. The quantitative estimate of drug-likeness (QED) is 0.747. The van der Waals surface area contributed by atoms with Crippen LogP contribution in [0.1, 0.15) is 38.4 Å². The molecule has 1 fully saturated rings. The number of nitrogens with one attached hydrogen (secondary N) is 1. The third kappa shape index (κ3) is 2.46. The number of nitrogens with zero attached hydrogens (tertiary/aromatic N) is 2. The zero-order valence-corrected chi connectivity index (χ0v) is 10.5. The third-order valence-electron chi connectivity index (χ3n) is 4.12. The molecule has 0 aliphatic heterocycles. The Balaban J connectivity index is 1.67. The lowest BCUT2D eigenvalue weighted by Gasteiger charge is -2.41. The Hall–Kier alpha value is -0.830. The van der Waals surface area contributed by atoms with E-state index in [1.807, 2.05) is 6.20 Å². The molecule has 1 aromatic heterocycles. The van der Waals surface area contributed by atoms with E-state index in [2.05, 4.69) is 34.9 Å². The highest BCUT2D eigenvalue weighted by Crippen LogP contribution is 2.42. The van der Waals surface area contributed by atoms with E-state index in [0.29, 0.717) is 5.41 Å². The lowest BCUT2D eigenvalue weighted by Crippen LogP contribution is -2.40. The largest absolute Gasteiger partial charge is 0.334 e. The first-order chi connectivity index (χ1) is 7.76. The molecule has 0 unspecified atom stereocenters. The maximum atomic E-state index is 4.22. The summed E-state index contributed by atoms with van der Waals surface area (Å²) in [5, 5.41) is 3.60. The minimum Gasteiger partial charge on any atom is -0.334 e. The van der Waals surface area contributed by atoms with Gasteiger partial charge in [0.2, 0.25) is 0 Å². The number of aryl methyl sites for hydroxylation is 1. The zero-order valence-electron chi connectivity index (χ0n) is 10.5.